The van der Waals surface area contributed by atoms with Crippen LogP contribution < -0.4 is 9.64 Å². The molecule has 2 aromatic rings. The molecular weight excluding hydrogens is 450 g/mol. The first kappa shape index (κ1) is 21.6. The van der Waals surface area contributed by atoms with Crippen molar-refractivity contribution in [1.29, 1.82) is 0 Å². The molecule has 5 heterocycles. The monoisotopic (exact) mass is 478 g/mol. The fourth-order valence-electron chi connectivity index (χ4n) is 5.69. The molecule has 33 heavy (non-hydrogen) atoms. The number of piperidine rings is 1. The summed E-state index contributed by atoms with van der Waals surface area (Å²) in [7, 11) is 0. The largest absolute Gasteiger partial charge is 0.488 e. The van der Waals surface area contributed by atoms with Crippen LogP contribution in [0.25, 0.3) is 0 Å². The van der Waals surface area contributed by atoms with Gasteiger partial charge in [-0.15, -0.1) is 10.2 Å². The van der Waals surface area contributed by atoms with Crippen LogP contribution in [0.15, 0.2) is 17.6 Å². The van der Waals surface area contributed by atoms with Crippen molar-refractivity contribution in [3.63, 3.8) is 0 Å². The molecular formula is C23H28F2N4O3S. The van der Waals surface area contributed by atoms with Gasteiger partial charge in [0, 0.05) is 24.1 Å². The number of ether oxygens (including phenoxy) is 3. The fraction of sp³-hybridized carbons (Fsp3) is 0.652. The van der Waals surface area contributed by atoms with E-state index in [0.717, 1.165) is 69.2 Å². The van der Waals surface area contributed by atoms with E-state index in [0.29, 0.717) is 25.0 Å². The zero-order chi connectivity index (χ0) is 22.4. The highest BCUT2D eigenvalue weighted by Crippen LogP contribution is 2.42. The van der Waals surface area contributed by atoms with Crippen LogP contribution in [0.1, 0.15) is 37.2 Å². The smallest absolute Gasteiger partial charge is 0.208 e. The minimum atomic E-state index is -0.860. The van der Waals surface area contributed by atoms with E-state index < -0.39 is 11.6 Å². The lowest BCUT2D eigenvalue weighted by Gasteiger charge is -2.47. The molecule has 0 bridgehead atoms. The number of hydrogen-bond acceptors (Lipinski definition) is 8. The summed E-state index contributed by atoms with van der Waals surface area (Å²) in [6.07, 6.45) is 3.49. The van der Waals surface area contributed by atoms with Gasteiger partial charge in [-0.3, -0.25) is 4.90 Å². The van der Waals surface area contributed by atoms with Gasteiger partial charge in [0.1, 0.15) is 23.0 Å². The van der Waals surface area contributed by atoms with E-state index in [1.54, 1.807) is 16.8 Å². The number of nitrogens with zero attached hydrogens (tertiary/aromatic N) is 4. The van der Waals surface area contributed by atoms with Gasteiger partial charge in [0.25, 0.3) is 0 Å². The van der Waals surface area contributed by atoms with Crippen molar-refractivity contribution in [3.05, 3.63) is 34.8 Å². The van der Waals surface area contributed by atoms with Crippen LogP contribution in [0, 0.1) is 11.6 Å². The third-order valence-electron chi connectivity index (χ3n) is 7.49. The van der Waals surface area contributed by atoms with Crippen LogP contribution in [0.3, 0.4) is 0 Å². The van der Waals surface area contributed by atoms with Crippen molar-refractivity contribution in [1.82, 2.24) is 15.1 Å². The van der Waals surface area contributed by atoms with Crippen LogP contribution in [0.2, 0.25) is 0 Å². The predicted octanol–water partition coefficient (Wildman–Crippen LogP) is 3.21. The number of rotatable bonds is 5. The zero-order valence-corrected chi connectivity index (χ0v) is 19.2. The summed E-state index contributed by atoms with van der Waals surface area (Å²) in [6, 6.07) is 2.95. The van der Waals surface area contributed by atoms with Gasteiger partial charge < -0.3 is 19.1 Å². The molecule has 10 heteroatoms. The molecule has 4 saturated heterocycles. The Morgan fingerprint density at radius 1 is 1.09 bits per heavy atom. The summed E-state index contributed by atoms with van der Waals surface area (Å²) in [4.78, 5) is 4.73. The maximum atomic E-state index is 14.1. The van der Waals surface area contributed by atoms with Gasteiger partial charge in [-0.1, -0.05) is 11.3 Å². The van der Waals surface area contributed by atoms with Crippen LogP contribution in [-0.2, 0) is 9.47 Å². The van der Waals surface area contributed by atoms with E-state index in [1.807, 2.05) is 0 Å². The average molecular weight is 479 g/mol. The minimum Gasteiger partial charge on any atom is -0.488 e. The normalized spacial score (nSPS) is 27.9. The standard InChI is InChI=1S/C23H28F2N4O3S/c24-19-7-18(21(8-20(19)25)32-17-3-6-30-11-17)15-1-4-28(5-2-15)16-9-23(31-10-16)12-29(13-23)22-27-26-14-33-22/h7-8,14-17H,1-6,9-13H2. The van der Waals surface area contributed by atoms with Crippen molar-refractivity contribution in [2.75, 3.05) is 50.9 Å². The highest BCUT2D eigenvalue weighted by Gasteiger charge is 2.51. The molecule has 0 radical (unpaired) electrons. The van der Waals surface area contributed by atoms with Crippen molar-refractivity contribution in [3.8, 4) is 5.75 Å². The van der Waals surface area contributed by atoms with Crippen molar-refractivity contribution in [2.24, 2.45) is 0 Å². The molecule has 1 aromatic heterocycles. The fourth-order valence-corrected chi connectivity index (χ4v) is 6.25. The van der Waals surface area contributed by atoms with Gasteiger partial charge in [0.2, 0.25) is 5.13 Å². The molecule has 1 spiro atoms. The lowest BCUT2D eigenvalue weighted by molar-refractivity contribution is -0.0195. The molecule has 6 rings (SSSR count). The number of hydrogen-bond donors (Lipinski definition) is 0. The van der Waals surface area contributed by atoms with Crippen LogP contribution >= 0.6 is 11.3 Å². The Balaban J connectivity index is 1.07. The number of benzene rings is 1. The Bertz CT molecular complexity index is 974. The second kappa shape index (κ2) is 8.72. The molecule has 7 nitrogen and oxygen atoms in total. The molecule has 4 aliphatic heterocycles. The Morgan fingerprint density at radius 3 is 2.64 bits per heavy atom. The summed E-state index contributed by atoms with van der Waals surface area (Å²) < 4.78 is 45.8. The Morgan fingerprint density at radius 2 is 1.91 bits per heavy atom. The Kier molecular flexibility index (Phi) is 5.72. The van der Waals surface area contributed by atoms with Crippen LogP contribution in [0.4, 0.5) is 13.9 Å². The van der Waals surface area contributed by atoms with Gasteiger partial charge in [0.05, 0.1) is 32.9 Å². The van der Waals surface area contributed by atoms with Gasteiger partial charge in [0.15, 0.2) is 11.6 Å². The van der Waals surface area contributed by atoms with Crippen LogP contribution in [0.5, 0.6) is 5.75 Å². The summed E-state index contributed by atoms with van der Waals surface area (Å²) in [5, 5.41) is 9.03. The number of aromatic nitrogens is 2. The molecule has 1 aromatic carbocycles. The number of likely N-dealkylation sites (tertiary alicyclic amines) is 1. The number of anilines is 1. The van der Waals surface area contributed by atoms with Gasteiger partial charge in [-0.2, -0.15) is 0 Å². The molecule has 0 aliphatic carbocycles. The quantitative estimate of drug-likeness (QED) is 0.654. The Labute approximate surface area is 195 Å². The van der Waals surface area contributed by atoms with E-state index >= 15 is 0 Å². The first-order chi connectivity index (χ1) is 16.1. The molecule has 4 aliphatic rings. The zero-order valence-electron chi connectivity index (χ0n) is 18.4. The van der Waals surface area contributed by atoms with E-state index in [2.05, 4.69) is 20.0 Å². The second-order valence-electron chi connectivity index (χ2n) is 9.65. The van der Waals surface area contributed by atoms with Crippen LogP contribution in [-0.4, -0.2) is 78.8 Å². The highest BCUT2D eigenvalue weighted by molar-refractivity contribution is 7.13. The summed E-state index contributed by atoms with van der Waals surface area (Å²) in [6.45, 7) is 5.46. The molecule has 4 fully saturated rings. The van der Waals surface area contributed by atoms with Crippen molar-refractivity contribution < 1.29 is 23.0 Å². The van der Waals surface area contributed by atoms with Gasteiger partial charge in [-0.05, 0) is 44.3 Å². The van der Waals surface area contributed by atoms with Crippen molar-refractivity contribution in [2.45, 2.75) is 49.3 Å². The predicted molar refractivity (Wildman–Crippen MR) is 119 cm³/mol. The van der Waals surface area contributed by atoms with E-state index in [-0.39, 0.29) is 17.6 Å². The second-order valence-corrected chi connectivity index (χ2v) is 10.5. The molecule has 0 amide bonds. The maximum Gasteiger partial charge on any atom is 0.208 e. The maximum absolute atomic E-state index is 14.1. The molecule has 0 saturated carbocycles. The van der Waals surface area contributed by atoms with Crippen molar-refractivity contribution >= 4 is 16.5 Å². The topological polar surface area (TPSA) is 60.0 Å². The summed E-state index contributed by atoms with van der Waals surface area (Å²) in [5.41, 5.74) is 2.47. The summed E-state index contributed by atoms with van der Waals surface area (Å²) >= 11 is 1.56. The highest BCUT2D eigenvalue weighted by atomic mass is 32.1. The molecule has 2 atom stereocenters. The van der Waals surface area contributed by atoms with E-state index in [9.17, 15) is 8.78 Å². The first-order valence-electron chi connectivity index (χ1n) is 11.7. The average Bonchev–Trinajstić information content (AvgIpc) is 3.57. The molecule has 2 unspecified atom stereocenters. The SMILES string of the molecule is Fc1cc(OC2CCOC2)c(C2CCN(C3COC4(C3)CN(c3nncs3)C4)CC2)cc1F. The minimum absolute atomic E-state index is 0.0718. The summed E-state index contributed by atoms with van der Waals surface area (Å²) in [5.74, 6) is -1.04. The molecule has 0 N–H and O–H groups in total. The first-order valence-corrected chi connectivity index (χ1v) is 12.6. The lowest BCUT2D eigenvalue weighted by Crippen LogP contribution is -2.62. The van der Waals surface area contributed by atoms with Gasteiger partial charge >= 0.3 is 0 Å². The lowest BCUT2D eigenvalue weighted by atomic mass is 9.86. The van der Waals surface area contributed by atoms with E-state index in [4.69, 9.17) is 14.2 Å². The molecule has 178 valence electrons. The number of halogens is 2. The van der Waals surface area contributed by atoms with E-state index in [1.165, 1.54) is 12.1 Å². The van der Waals surface area contributed by atoms with Gasteiger partial charge in [-0.25, -0.2) is 8.78 Å². The Hall–Kier alpha value is -1.88. The third kappa shape index (κ3) is 4.22. The third-order valence-corrected chi connectivity index (χ3v) is 8.24.